The Morgan fingerprint density at radius 1 is 0.750 bits per heavy atom. The molecule has 0 amide bonds. The summed E-state index contributed by atoms with van der Waals surface area (Å²) < 4.78 is 17.1. The Balaban J connectivity index is 1.82. The number of fused-ring (bicyclic) bond motifs is 1. The fraction of sp³-hybridized carbons (Fsp3) is 0.333. The average molecular weight is 498 g/mol. The summed E-state index contributed by atoms with van der Waals surface area (Å²) in [5, 5.41) is 2.13. The van der Waals surface area contributed by atoms with Gasteiger partial charge in [0.15, 0.2) is 4.90 Å². The second-order valence-electron chi connectivity index (χ2n) is 9.94. The fourth-order valence-corrected chi connectivity index (χ4v) is 6.78. The van der Waals surface area contributed by atoms with Crippen molar-refractivity contribution in [3.8, 4) is 11.1 Å². The Kier molecular flexibility index (Phi) is 8.12. The van der Waals surface area contributed by atoms with Gasteiger partial charge in [0.2, 0.25) is 0 Å². The van der Waals surface area contributed by atoms with Gasteiger partial charge < -0.3 is 4.55 Å². The molecule has 0 spiro atoms. The van der Waals surface area contributed by atoms with Crippen molar-refractivity contribution in [3.63, 3.8) is 0 Å². The Morgan fingerprint density at radius 2 is 1.47 bits per heavy atom. The molecule has 0 saturated carbocycles. The van der Waals surface area contributed by atoms with Crippen LogP contribution in [0, 0.1) is 34.6 Å². The van der Waals surface area contributed by atoms with Crippen LogP contribution in [0.5, 0.6) is 0 Å². The number of aryl methyl sites for hydroxylation is 1. The van der Waals surface area contributed by atoms with Crippen LogP contribution in [0.3, 0.4) is 0 Å². The molecule has 0 heterocycles. The van der Waals surface area contributed by atoms with Gasteiger partial charge in [0.1, 0.15) is 11.4 Å². The third-order valence-electron chi connectivity index (χ3n) is 7.82. The van der Waals surface area contributed by atoms with Crippen LogP contribution in [0.4, 0.5) is 5.69 Å². The Bertz CT molecular complexity index is 1400. The summed E-state index contributed by atoms with van der Waals surface area (Å²) in [5.41, 5.74) is 12.9. The van der Waals surface area contributed by atoms with E-state index in [1.807, 2.05) is 30.3 Å². The molecule has 1 N–H and O–H groups in total. The maximum absolute atomic E-state index is 13.6. The topological polar surface area (TPSA) is 35.1 Å². The molecule has 4 aromatic rings. The molecule has 0 aliphatic rings. The van der Waals surface area contributed by atoms with Crippen LogP contribution in [0.25, 0.3) is 21.9 Å². The fourth-order valence-electron chi connectivity index (χ4n) is 5.59. The van der Waals surface area contributed by atoms with E-state index < -0.39 is 11.4 Å². The van der Waals surface area contributed by atoms with E-state index in [4.69, 9.17) is 0 Å². The highest BCUT2D eigenvalue weighted by molar-refractivity contribution is 7.93. The minimum Gasteiger partial charge on any atom is -0.588 e. The SMILES string of the molecule is CCCCc1c(C)ccc(-c2c(C)c(C)c(N[S+]([O-])c3cccc4ccccc34)c(C)c2CC)c1C. The molecule has 188 valence electrons. The second-order valence-corrected chi connectivity index (χ2v) is 11.1. The summed E-state index contributed by atoms with van der Waals surface area (Å²) in [4.78, 5) is 0.821. The lowest BCUT2D eigenvalue weighted by Gasteiger charge is -2.25. The van der Waals surface area contributed by atoms with Gasteiger partial charge in [-0.3, -0.25) is 0 Å². The van der Waals surface area contributed by atoms with Crippen LogP contribution >= 0.6 is 0 Å². The Labute approximate surface area is 220 Å². The van der Waals surface area contributed by atoms with Crippen LogP contribution < -0.4 is 4.72 Å². The second kappa shape index (κ2) is 11.1. The molecule has 0 saturated heterocycles. The van der Waals surface area contributed by atoms with E-state index in [1.54, 1.807) is 0 Å². The summed E-state index contributed by atoms with van der Waals surface area (Å²) in [6.45, 7) is 15.6. The third-order valence-corrected chi connectivity index (χ3v) is 8.97. The van der Waals surface area contributed by atoms with Crippen molar-refractivity contribution in [1.82, 2.24) is 0 Å². The number of hydrogen-bond acceptors (Lipinski definition) is 2. The highest BCUT2D eigenvalue weighted by Gasteiger charge is 2.24. The van der Waals surface area contributed by atoms with Crippen LogP contribution in [-0.4, -0.2) is 4.55 Å². The zero-order valence-corrected chi connectivity index (χ0v) is 23.7. The Hall–Kier alpha value is -2.75. The van der Waals surface area contributed by atoms with Crippen molar-refractivity contribution in [2.24, 2.45) is 0 Å². The molecular formula is C33H39NOS. The zero-order valence-electron chi connectivity index (χ0n) is 22.8. The van der Waals surface area contributed by atoms with Crippen LogP contribution in [0.2, 0.25) is 0 Å². The summed E-state index contributed by atoms with van der Waals surface area (Å²) in [6.07, 6.45) is 4.47. The molecule has 0 aliphatic heterocycles. The average Bonchev–Trinajstić information content (AvgIpc) is 2.88. The lowest BCUT2D eigenvalue weighted by atomic mass is 9.82. The van der Waals surface area contributed by atoms with Gasteiger partial charge in [0.05, 0.1) is 5.69 Å². The number of benzene rings is 4. The van der Waals surface area contributed by atoms with E-state index in [1.165, 1.54) is 62.9 Å². The largest absolute Gasteiger partial charge is 0.588 e. The normalized spacial score (nSPS) is 12.2. The molecular weight excluding hydrogens is 458 g/mol. The molecule has 1 atom stereocenters. The highest BCUT2D eigenvalue weighted by Crippen LogP contribution is 2.41. The lowest BCUT2D eigenvalue weighted by molar-refractivity contribution is 0.601. The third kappa shape index (κ3) is 4.79. The predicted octanol–water partition coefficient (Wildman–Crippen LogP) is 9.09. The molecule has 4 rings (SSSR count). The minimum absolute atomic E-state index is 0.821. The van der Waals surface area contributed by atoms with E-state index in [0.29, 0.717) is 0 Å². The number of hydrogen-bond donors (Lipinski definition) is 1. The first-order valence-electron chi connectivity index (χ1n) is 13.2. The first-order chi connectivity index (χ1) is 17.3. The molecule has 0 aromatic heterocycles. The molecule has 2 nitrogen and oxygen atoms in total. The zero-order chi connectivity index (χ0) is 26.0. The summed E-state index contributed by atoms with van der Waals surface area (Å²) in [7, 11) is 0. The van der Waals surface area contributed by atoms with Gasteiger partial charge in [-0.1, -0.05) is 62.7 Å². The van der Waals surface area contributed by atoms with Gasteiger partial charge in [0.25, 0.3) is 0 Å². The lowest BCUT2D eigenvalue weighted by Crippen LogP contribution is -2.17. The van der Waals surface area contributed by atoms with Crippen LogP contribution in [0.1, 0.15) is 65.6 Å². The Morgan fingerprint density at radius 3 is 2.19 bits per heavy atom. The van der Waals surface area contributed by atoms with Gasteiger partial charge >= 0.3 is 0 Å². The summed E-state index contributed by atoms with van der Waals surface area (Å²) in [6, 6.07) is 18.8. The first-order valence-corrected chi connectivity index (χ1v) is 14.3. The van der Waals surface area contributed by atoms with Crippen molar-refractivity contribution in [1.29, 1.82) is 0 Å². The van der Waals surface area contributed by atoms with Crippen LogP contribution in [-0.2, 0) is 24.2 Å². The molecule has 3 heteroatoms. The predicted molar refractivity (Wildman–Crippen MR) is 158 cm³/mol. The molecule has 1 unspecified atom stereocenters. The highest BCUT2D eigenvalue weighted by atomic mass is 32.2. The molecule has 0 fully saturated rings. The number of unbranched alkanes of at least 4 members (excludes halogenated alkanes) is 1. The molecule has 0 bridgehead atoms. The van der Waals surface area contributed by atoms with E-state index >= 15 is 0 Å². The van der Waals surface area contributed by atoms with Crippen molar-refractivity contribution in [2.75, 3.05) is 4.72 Å². The number of rotatable bonds is 8. The maximum Gasteiger partial charge on any atom is 0.187 e. The monoisotopic (exact) mass is 497 g/mol. The maximum atomic E-state index is 13.6. The van der Waals surface area contributed by atoms with Gasteiger partial charge in [-0.2, -0.15) is 0 Å². The van der Waals surface area contributed by atoms with Crippen molar-refractivity contribution < 1.29 is 4.55 Å². The van der Waals surface area contributed by atoms with Crippen molar-refractivity contribution >= 4 is 27.8 Å². The van der Waals surface area contributed by atoms with E-state index in [0.717, 1.165) is 34.2 Å². The van der Waals surface area contributed by atoms with Crippen molar-refractivity contribution in [2.45, 2.75) is 79.0 Å². The van der Waals surface area contributed by atoms with Gasteiger partial charge in [-0.05, 0) is 121 Å². The van der Waals surface area contributed by atoms with E-state index in [-0.39, 0.29) is 0 Å². The number of anilines is 1. The molecule has 0 radical (unpaired) electrons. The van der Waals surface area contributed by atoms with Crippen LogP contribution in [0.15, 0.2) is 59.5 Å². The van der Waals surface area contributed by atoms with E-state index in [9.17, 15) is 4.55 Å². The quantitative estimate of drug-likeness (QED) is 0.246. The van der Waals surface area contributed by atoms with E-state index in [2.05, 4.69) is 77.5 Å². The molecule has 4 aromatic carbocycles. The summed E-state index contributed by atoms with van der Waals surface area (Å²) >= 11 is -1.36. The molecule has 36 heavy (non-hydrogen) atoms. The summed E-state index contributed by atoms with van der Waals surface area (Å²) in [5.74, 6) is 0. The molecule has 0 aliphatic carbocycles. The van der Waals surface area contributed by atoms with Gasteiger partial charge in [-0.25, -0.2) is 4.72 Å². The first kappa shape index (κ1) is 26.3. The number of nitrogens with one attached hydrogen (secondary N) is 1. The van der Waals surface area contributed by atoms with Crippen molar-refractivity contribution in [3.05, 3.63) is 93.5 Å². The smallest absolute Gasteiger partial charge is 0.187 e. The standard InChI is InChI=1S/C33H39NOS/c1-8-10-16-28-21(3)19-20-29(24(28)6)32-22(4)23(5)33(25(7)27(32)9-2)34-36(35)31-18-13-15-26-14-11-12-17-30(26)31/h11-15,17-20,34H,8-10,16H2,1-7H3. The minimum atomic E-state index is -1.36. The van der Waals surface area contributed by atoms with Gasteiger partial charge in [0, 0.05) is 5.39 Å². The van der Waals surface area contributed by atoms with Gasteiger partial charge in [-0.15, -0.1) is 0 Å².